The van der Waals surface area contributed by atoms with Crippen molar-refractivity contribution in [1.29, 1.82) is 0 Å². The van der Waals surface area contributed by atoms with Crippen LogP contribution in [0.4, 0.5) is 0 Å². The largest absolute Gasteiger partial charge is 0.454 e. The van der Waals surface area contributed by atoms with Gasteiger partial charge in [-0.25, -0.2) is 4.79 Å². The molecular weight excluding hydrogens is 212 g/mol. The lowest BCUT2D eigenvalue weighted by Crippen LogP contribution is -2.17. The molecule has 90 valence electrons. The van der Waals surface area contributed by atoms with E-state index in [-0.39, 0.29) is 12.1 Å². The molecule has 2 heteroatoms. The van der Waals surface area contributed by atoms with Crippen LogP contribution >= 0.6 is 0 Å². The van der Waals surface area contributed by atoms with E-state index in [4.69, 9.17) is 4.74 Å². The first kappa shape index (κ1) is 11.9. The Morgan fingerprint density at radius 3 is 2.47 bits per heavy atom. The van der Waals surface area contributed by atoms with Gasteiger partial charge in [0.15, 0.2) is 0 Å². The van der Waals surface area contributed by atoms with Crippen molar-refractivity contribution in [3.8, 4) is 0 Å². The third-order valence-corrected chi connectivity index (χ3v) is 3.22. The molecular formula is C15H18O2. The maximum absolute atomic E-state index is 11.6. The highest BCUT2D eigenvalue weighted by atomic mass is 16.5. The van der Waals surface area contributed by atoms with E-state index in [1.165, 1.54) is 5.56 Å². The monoisotopic (exact) mass is 230 g/mol. The summed E-state index contributed by atoms with van der Waals surface area (Å²) in [6, 6.07) is 10.2. The lowest BCUT2D eigenvalue weighted by atomic mass is 9.91. The minimum atomic E-state index is -0.158. The second kappa shape index (κ2) is 4.74. The maximum Gasteiger partial charge on any atom is 0.334 e. The number of hydrogen-bond acceptors (Lipinski definition) is 2. The van der Waals surface area contributed by atoms with Crippen LogP contribution in [0.1, 0.15) is 26.3 Å². The van der Waals surface area contributed by atoms with E-state index in [0.717, 1.165) is 17.6 Å². The third-order valence-electron chi connectivity index (χ3n) is 3.22. The maximum atomic E-state index is 11.6. The van der Waals surface area contributed by atoms with Gasteiger partial charge in [0, 0.05) is 12.0 Å². The van der Waals surface area contributed by atoms with Crippen molar-refractivity contribution in [1.82, 2.24) is 0 Å². The summed E-state index contributed by atoms with van der Waals surface area (Å²) < 4.78 is 5.44. The molecule has 1 unspecified atom stereocenters. The molecule has 1 heterocycles. The number of cyclic esters (lactones) is 1. The van der Waals surface area contributed by atoms with Gasteiger partial charge in [0.25, 0.3) is 0 Å². The Bertz CT molecular complexity index is 443. The molecule has 17 heavy (non-hydrogen) atoms. The quantitative estimate of drug-likeness (QED) is 0.746. The SMILES string of the molecule is CC1=C(C(C)C)C(Cc2ccccc2)OC1=O. The molecule has 0 bridgehead atoms. The molecule has 0 fully saturated rings. The fraction of sp³-hybridized carbons (Fsp3) is 0.400. The molecule has 0 amide bonds. The molecule has 0 saturated carbocycles. The van der Waals surface area contributed by atoms with E-state index < -0.39 is 0 Å². The van der Waals surface area contributed by atoms with Crippen LogP contribution in [-0.4, -0.2) is 12.1 Å². The highest BCUT2D eigenvalue weighted by Crippen LogP contribution is 2.30. The van der Waals surface area contributed by atoms with Crippen molar-refractivity contribution in [3.63, 3.8) is 0 Å². The fourth-order valence-corrected chi connectivity index (χ4v) is 2.43. The zero-order valence-corrected chi connectivity index (χ0v) is 10.6. The topological polar surface area (TPSA) is 26.3 Å². The molecule has 1 aromatic carbocycles. The minimum absolute atomic E-state index is 0.0788. The average Bonchev–Trinajstić information content (AvgIpc) is 2.56. The van der Waals surface area contributed by atoms with Gasteiger partial charge in [0.1, 0.15) is 6.10 Å². The summed E-state index contributed by atoms with van der Waals surface area (Å²) in [6.07, 6.45) is 0.696. The van der Waals surface area contributed by atoms with Gasteiger partial charge < -0.3 is 4.74 Å². The van der Waals surface area contributed by atoms with Crippen molar-refractivity contribution in [2.45, 2.75) is 33.3 Å². The molecule has 1 aliphatic rings. The van der Waals surface area contributed by atoms with Gasteiger partial charge in [-0.15, -0.1) is 0 Å². The number of esters is 1. The van der Waals surface area contributed by atoms with Crippen molar-refractivity contribution in [3.05, 3.63) is 47.0 Å². The Morgan fingerprint density at radius 2 is 1.88 bits per heavy atom. The van der Waals surface area contributed by atoms with E-state index >= 15 is 0 Å². The second-order valence-electron chi connectivity index (χ2n) is 4.82. The molecule has 1 aromatic rings. The number of hydrogen-bond donors (Lipinski definition) is 0. The number of ether oxygens (including phenoxy) is 1. The van der Waals surface area contributed by atoms with Crippen LogP contribution in [0.3, 0.4) is 0 Å². The van der Waals surface area contributed by atoms with Gasteiger partial charge in [-0.2, -0.15) is 0 Å². The second-order valence-corrected chi connectivity index (χ2v) is 4.82. The fourth-order valence-electron chi connectivity index (χ4n) is 2.43. The molecule has 1 aliphatic heterocycles. The first-order chi connectivity index (χ1) is 8.09. The number of carbonyl (C=O) groups excluding carboxylic acids is 1. The smallest absolute Gasteiger partial charge is 0.334 e. The van der Waals surface area contributed by atoms with Crippen LogP contribution in [0, 0.1) is 5.92 Å². The Labute approximate surface area is 102 Å². The van der Waals surface area contributed by atoms with Crippen molar-refractivity contribution in [2.75, 3.05) is 0 Å². The summed E-state index contributed by atoms with van der Waals surface area (Å²) in [5, 5.41) is 0. The van der Waals surface area contributed by atoms with Gasteiger partial charge >= 0.3 is 5.97 Å². The normalized spacial score (nSPS) is 20.0. The lowest BCUT2D eigenvalue weighted by Gasteiger charge is -2.17. The molecule has 0 spiro atoms. The summed E-state index contributed by atoms with van der Waals surface area (Å²) in [5.41, 5.74) is 3.15. The van der Waals surface area contributed by atoms with Crippen molar-refractivity contribution in [2.24, 2.45) is 5.92 Å². The van der Waals surface area contributed by atoms with Gasteiger partial charge in [-0.05, 0) is 24.0 Å². The van der Waals surface area contributed by atoms with Crippen molar-refractivity contribution >= 4 is 5.97 Å². The van der Waals surface area contributed by atoms with Crippen LogP contribution in [0.15, 0.2) is 41.5 Å². The minimum Gasteiger partial charge on any atom is -0.454 e. The van der Waals surface area contributed by atoms with Gasteiger partial charge in [-0.1, -0.05) is 44.2 Å². The molecule has 0 aromatic heterocycles. The number of benzene rings is 1. The first-order valence-corrected chi connectivity index (χ1v) is 6.05. The standard InChI is InChI=1S/C15H18O2/c1-10(2)14-11(3)15(16)17-13(14)9-12-7-5-4-6-8-12/h4-8,10,13H,9H2,1-3H3. The van der Waals surface area contributed by atoms with E-state index in [9.17, 15) is 4.79 Å². The summed E-state index contributed by atoms with van der Waals surface area (Å²) in [5.74, 6) is 0.199. The summed E-state index contributed by atoms with van der Waals surface area (Å²) in [7, 11) is 0. The van der Waals surface area contributed by atoms with Gasteiger partial charge in [0.05, 0.1) is 0 Å². The molecule has 1 atom stereocenters. The predicted molar refractivity (Wildman–Crippen MR) is 67.6 cm³/mol. The third kappa shape index (κ3) is 2.41. The van der Waals surface area contributed by atoms with Gasteiger partial charge in [-0.3, -0.25) is 0 Å². The van der Waals surface area contributed by atoms with Gasteiger partial charge in [0.2, 0.25) is 0 Å². The Balaban J connectivity index is 2.21. The first-order valence-electron chi connectivity index (χ1n) is 6.05. The molecule has 0 N–H and O–H groups in total. The Morgan fingerprint density at radius 1 is 1.24 bits per heavy atom. The summed E-state index contributed by atoms with van der Waals surface area (Å²) in [4.78, 5) is 11.6. The van der Waals surface area contributed by atoms with Crippen LogP contribution < -0.4 is 0 Å². The van der Waals surface area contributed by atoms with Crippen LogP contribution in [-0.2, 0) is 16.0 Å². The lowest BCUT2D eigenvalue weighted by molar-refractivity contribution is -0.139. The summed E-state index contributed by atoms with van der Waals surface area (Å²) >= 11 is 0. The van der Waals surface area contributed by atoms with Crippen molar-refractivity contribution < 1.29 is 9.53 Å². The van der Waals surface area contributed by atoms with E-state index in [1.54, 1.807) is 0 Å². The molecule has 0 saturated heterocycles. The summed E-state index contributed by atoms with van der Waals surface area (Å²) in [6.45, 7) is 6.08. The Kier molecular flexibility index (Phi) is 3.32. The average molecular weight is 230 g/mol. The highest BCUT2D eigenvalue weighted by molar-refractivity contribution is 5.91. The van der Waals surface area contributed by atoms with Crippen LogP contribution in [0.5, 0.6) is 0 Å². The molecule has 2 rings (SSSR count). The molecule has 0 radical (unpaired) electrons. The number of carbonyl (C=O) groups is 1. The molecule has 2 nitrogen and oxygen atoms in total. The Hall–Kier alpha value is -1.57. The number of rotatable bonds is 3. The van der Waals surface area contributed by atoms with Crippen LogP contribution in [0.2, 0.25) is 0 Å². The zero-order valence-electron chi connectivity index (χ0n) is 10.6. The van der Waals surface area contributed by atoms with E-state index in [1.807, 2.05) is 25.1 Å². The zero-order chi connectivity index (χ0) is 12.4. The van der Waals surface area contributed by atoms with Crippen LogP contribution in [0.25, 0.3) is 0 Å². The van der Waals surface area contributed by atoms with E-state index in [2.05, 4.69) is 26.0 Å². The van der Waals surface area contributed by atoms with E-state index in [0.29, 0.717) is 5.92 Å². The highest BCUT2D eigenvalue weighted by Gasteiger charge is 2.32. The molecule has 0 aliphatic carbocycles. The predicted octanol–water partition coefficient (Wildman–Crippen LogP) is 3.13.